The molecule has 0 radical (unpaired) electrons. The lowest BCUT2D eigenvalue weighted by Gasteiger charge is -2.33. The average molecular weight is 263 g/mol. The van der Waals surface area contributed by atoms with Crippen LogP contribution in [0.5, 0.6) is 0 Å². The van der Waals surface area contributed by atoms with Gasteiger partial charge in [-0.25, -0.2) is 4.98 Å². The van der Waals surface area contributed by atoms with E-state index in [-0.39, 0.29) is 16.0 Å². The first kappa shape index (κ1) is 13.8. The van der Waals surface area contributed by atoms with E-state index in [9.17, 15) is 10.1 Å². The van der Waals surface area contributed by atoms with E-state index in [4.69, 9.17) is 0 Å². The molecule has 0 amide bonds. The molecule has 5 nitrogen and oxygen atoms in total. The van der Waals surface area contributed by atoms with Crippen molar-refractivity contribution in [3.8, 4) is 0 Å². The maximum Gasteiger partial charge on any atom is 0.314 e. The van der Waals surface area contributed by atoms with Crippen molar-refractivity contribution in [2.45, 2.75) is 46.0 Å². The molecule has 104 valence electrons. The van der Waals surface area contributed by atoms with E-state index in [0.717, 1.165) is 6.54 Å². The number of hydrogen-bond donors (Lipinski definition) is 1. The van der Waals surface area contributed by atoms with Crippen LogP contribution in [0.1, 0.15) is 44.6 Å². The van der Waals surface area contributed by atoms with Gasteiger partial charge in [-0.3, -0.25) is 10.1 Å². The van der Waals surface area contributed by atoms with Gasteiger partial charge in [-0.05, 0) is 31.2 Å². The van der Waals surface area contributed by atoms with Gasteiger partial charge < -0.3 is 5.32 Å². The molecular weight excluding hydrogens is 242 g/mol. The summed E-state index contributed by atoms with van der Waals surface area (Å²) in [5, 5.41) is 14.3. The normalized spacial score (nSPS) is 18.0. The van der Waals surface area contributed by atoms with Crippen LogP contribution in [-0.4, -0.2) is 16.5 Å². The van der Waals surface area contributed by atoms with Gasteiger partial charge in [-0.2, -0.15) is 0 Å². The van der Waals surface area contributed by atoms with Crippen LogP contribution >= 0.6 is 0 Å². The topological polar surface area (TPSA) is 68.1 Å². The Bertz CT molecular complexity index is 468. The molecule has 0 saturated heterocycles. The molecule has 1 heterocycles. The second-order valence-corrected chi connectivity index (χ2v) is 5.81. The lowest BCUT2D eigenvalue weighted by molar-refractivity contribution is -0.384. The second kappa shape index (κ2) is 5.55. The van der Waals surface area contributed by atoms with Gasteiger partial charge in [-0.15, -0.1) is 0 Å². The number of nitro groups is 1. The highest BCUT2D eigenvalue weighted by molar-refractivity contribution is 5.59. The number of aryl methyl sites for hydroxylation is 1. The summed E-state index contributed by atoms with van der Waals surface area (Å²) in [6, 6.07) is 1.67. The van der Waals surface area contributed by atoms with Gasteiger partial charge in [0.05, 0.1) is 4.92 Å². The number of nitrogens with one attached hydrogen (secondary N) is 1. The van der Waals surface area contributed by atoms with E-state index < -0.39 is 0 Å². The Balaban J connectivity index is 2.11. The molecule has 0 atom stereocenters. The van der Waals surface area contributed by atoms with E-state index in [1.165, 1.54) is 32.1 Å². The lowest BCUT2D eigenvalue weighted by atomic mass is 9.76. The van der Waals surface area contributed by atoms with Crippen molar-refractivity contribution in [1.82, 2.24) is 4.98 Å². The molecule has 1 aliphatic rings. The van der Waals surface area contributed by atoms with Crippen LogP contribution in [0.3, 0.4) is 0 Å². The van der Waals surface area contributed by atoms with E-state index in [1.807, 2.05) is 0 Å². The summed E-state index contributed by atoms with van der Waals surface area (Å²) in [7, 11) is 0. The highest BCUT2D eigenvalue weighted by Gasteiger charge is 2.28. The summed E-state index contributed by atoms with van der Waals surface area (Å²) < 4.78 is 0. The van der Waals surface area contributed by atoms with Crippen LogP contribution < -0.4 is 5.32 Å². The predicted molar refractivity (Wildman–Crippen MR) is 75.3 cm³/mol. The van der Waals surface area contributed by atoms with Gasteiger partial charge >= 0.3 is 5.69 Å². The first-order valence-corrected chi connectivity index (χ1v) is 6.86. The number of rotatable bonds is 4. The third kappa shape index (κ3) is 3.22. The van der Waals surface area contributed by atoms with E-state index in [2.05, 4.69) is 17.2 Å². The van der Waals surface area contributed by atoms with Gasteiger partial charge in [-0.1, -0.05) is 26.2 Å². The predicted octanol–water partition coefficient (Wildman–Crippen LogP) is 3.68. The van der Waals surface area contributed by atoms with Crippen LogP contribution in [0.4, 0.5) is 11.5 Å². The molecule has 1 aromatic rings. The minimum absolute atomic E-state index is 0.0990. The van der Waals surface area contributed by atoms with Gasteiger partial charge in [0.25, 0.3) is 0 Å². The van der Waals surface area contributed by atoms with Crippen molar-refractivity contribution >= 4 is 11.5 Å². The monoisotopic (exact) mass is 263 g/mol. The summed E-state index contributed by atoms with van der Waals surface area (Å²) in [5.74, 6) is 0.400. The molecular formula is C14H21N3O2. The minimum Gasteiger partial charge on any atom is -0.364 e. The molecule has 1 saturated carbocycles. The molecule has 0 unspecified atom stereocenters. The van der Waals surface area contributed by atoms with Crippen LogP contribution in [-0.2, 0) is 0 Å². The third-order valence-corrected chi connectivity index (χ3v) is 4.05. The lowest BCUT2D eigenvalue weighted by Crippen LogP contribution is -2.29. The Kier molecular flexibility index (Phi) is 4.02. The van der Waals surface area contributed by atoms with Gasteiger partial charge in [0.1, 0.15) is 0 Å². The Morgan fingerprint density at radius 1 is 1.42 bits per heavy atom. The molecule has 0 spiro atoms. The zero-order chi connectivity index (χ0) is 13.9. The number of pyridine rings is 1. The third-order valence-electron chi connectivity index (χ3n) is 4.05. The molecule has 0 aliphatic heterocycles. The first-order valence-electron chi connectivity index (χ1n) is 6.86. The van der Waals surface area contributed by atoms with Crippen molar-refractivity contribution in [1.29, 1.82) is 0 Å². The quantitative estimate of drug-likeness (QED) is 0.664. The van der Waals surface area contributed by atoms with E-state index in [1.54, 1.807) is 19.2 Å². The standard InChI is InChI=1S/C14H21N3O2/c1-11-6-9-15-13(12(11)17(18)19)16-10-14(2)7-4-3-5-8-14/h6,9H,3-5,7-8,10H2,1-2H3,(H,15,16). The van der Waals surface area contributed by atoms with Crippen LogP contribution in [0.2, 0.25) is 0 Å². The van der Waals surface area contributed by atoms with Crippen LogP contribution in [0.15, 0.2) is 12.3 Å². The van der Waals surface area contributed by atoms with Crippen molar-refractivity contribution in [3.63, 3.8) is 0 Å². The zero-order valence-electron chi connectivity index (χ0n) is 11.6. The number of aromatic nitrogens is 1. The SMILES string of the molecule is Cc1ccnc(NCC2(C)CCCCC2)c1[N+](=O)[O-]. The van der Waals surface area contributed by atoms with Crippen molar-refractivity contribution < 1.29 is 4.92 Å². The fraction of sp³-hybridized carbons (Fsp3) is 0.643. The van der Waals surface area contributed by atoms with Gasteiger partial charge in [0.15, 0.2) is 0 Å². The molecule has 0 bridgehead atoms. The summed E-state index contributed by atoms with van der Waals surface area (Å²) in [6.45, 7) is 4.75. The second-order valence-electron chi connectivity index (χ2n) is 5.81. The maximum atomic E-state index is 11.1. The molecule has 1 aromatic heterocycles. The van der Waals surface area contributed by atoms with Crippen molar-refractivity contribution in [2.24, 2.45) is 5.41 Å². The molecule has 1 fully saturated rings. The number of hydrogen-bond acceptors (Lipinski definition) is 4. The number of anilines is 1. The minimum atomic E-state index is -0.353. The average Bonchev–Trinajstić information content (AvgIpc) is 2.37. The van der Waals surface area contributed by atoms with E-state index in [0.29, 0.717) is 11.4 Å². The van der Waals surface area contributed by atoms with Crippen molar-refractivity contribution in [2.75, 3.05) is 11.9 Å². The Morgan fingerprint density at radius 3 is 2.74 bits per heavy atom. The summed E-state index contributed by atoms with van der Waals surface area (Å²) in [6.07, 6.45) is 7.79. The molecule has 0 aromatic carbocycles. The van der Waals surface area contributed by atoms with Crippen LogP contribution in [0, 0.1) is 22.5 Å². The fourth-order valence-electron chi connectivity index (χ4n) is 2.79. The Morgan fingerprint density at radius 2 is 2.11 bits per heavy atom. The summed E-state index contributed by atoms with van der Waals surface area (Å²) in [5.41, 5.74) is 0.982. The van der Waals surface area contributed by atoms with Gasteiger partial charge in [0, 0.05) is 18.3 Å². The Labute approximate surface area is 113 Å². The zero-order valence-corrected chi connectivity index (χ0v) is 11.6. The molecule has 1 aliphatic carbocycles. The molecule has 2 rings (SSSR count). The number of nitrogens with zero attached hydrogens (tertiary/aromatic N) is 2. The fourth-order valence-corrected chi connectivity index (χ4v) is 2.79. The molecule has 5 heteroatoms. The maximum absolute atomic E-state index is 11.1. The highest BCUT2D eigenvalue weighted by atomic mass is 16.6. The Hall–Kier alpha value is -1.65. The highest BCUT2D eigenvalue weighted by Crippen LogP contribution is 2.36. The van der Waals surface area contributed by atoms with Crippen LogP contribution in [0.25, 0.3) is 0 Å². The smallest absolute Gasteiger partial charge is 0.314 e. The summed E-state index contributed by atoms with van der Waals surface area (Å²) >= 11 is 0. The largest absolute Gasteiger partial charge is 0.364 e. The van der Waals surface area contributed by atoms with Crippen molar-refractivity contribution in [3.05, 3.63) is 27.9 Å². The first-order chi connectivity index (χ1) is 9.02. The van der Waals surface area contributed by atoms with E-state index >= 15 is 0 Å². The summed E-state index contributed by atoms with van der Waals surface area (Å²) in [4.78, 5) is 14.9. The van der Waals surface area contributed by atoms with Gasteiger partial charge in [0.2, 0.25) is 5.82 Å². The molecule has 19 heavy (non-hydrogen) atoms. The molecule has 1 N–H and O–H groups in total.